The maximum Gasteiger partial charge on any atom is 0.331 e. The molecule has 0 heterocycles. The Morgan fingerprint density at radius 2 is 2.09 bits per heavy atom. The fourth-order valence-corrected chi connectivity index (χ4v) is 0.802. The van der Waals surface area contributed by atoms with Crippen molar-refractivity contribution in [2.45, 2.75) is 26.2 Å². The van der Waals surface area contributed by atoms with E-state index in [-0.39, 0.29) is 6.61 Å². The first-order chi connectivity index (χ1) is 5.22. The number of aliphatic hydroxyl groups excluding tert-OH is 1. The molecule has 3 nitrogen and oxygen atoms in total. The van der Waals surface area contributed by atoms with Gasteiger partial charge in [-0.25, -0.2) is 4.79 Å². The summed E-state index contributed by atoms with van der Waals surface area (Å²) < 4.78 is 0. The smallest absolute Gasteiger partial charge is 0.331 e. The fraction of sp³-hybridized carbons (Fsp3) is 0.625. The number of aliphatic carboxylic acids is 1. The second kappa shape index (κ2) is 5.92. The van der Waals surface area contributed by atoms with E-state index in [1.165, 1.54) is 0 Å². The number of carbonyl (C=O) groups is 1. The van der Waals surface area contributed by atoms with Crippen LogP contribution in [0.25, 0.3) is 0 Å². The number of rotatable bonds is 5. The molecule has 0 saturated carbocycles. The summed E-state index contributed by atoms with van der Waals surface area (Å²) in [6.07, 6.45) is 3.55. The molecule has 11 heavy (non-hydrogen) atoms. The van der Waals surface area contributed by atoms with Gasteiger partial charge in [-0.1, -0.05) is 6.08 Å². The Morgan fingerprint density at radius 3 is 2.45 bits per heavy atom. The van der Waals surface area contributed by atoms with E-state index in [2.05, 4.69) is 0 Å². The first kappa shape index (κ1) is 10.2. The molecule has 0 bridgehead atoms. The molecule has 0 radical (unpaired) electrons. The second-order valence-electron chi connectivity index (χ2n) is 2.30. The summed E-state index contributed by atoms with van der Waals surface area (Å²) in [6.45, 7) is 1.85. The second-order valence-corrected chi connectivity index (χ2v) is 2.30. The monoisotopic (exact) mass is 158 g/mol. The fourth-order valence-electron chi connectivity index (χ4n) is 0.802. The van der Waals surface area contributed by atoms with Gasteiger partial charge in [0.2, 0.25) is 0 Å². The summed E-state index contributed by atoms with van der Waals surface area (Å²) in [6, 6.07) is 0. The Labute approximate surface area is 66.4 Å². The van der Waals surface area contributed by atoms with Crippen molar-refractivity contribution >= 4 is 5.97 Å². The lowest BCUT2D eigenvalue weighted by atomic mass is 10.1. The highest BCUT2D eigenvalue weighted by Gasteiger charge is 2.03. The van der Waals surface area contributed by atoms with Crippen LogP contribution in [0.2, 0.25) is 0 Å². The van der Waals surface area contributed by atoms with Gasteiger partial charge in [0.15, 0.2) is 0 Å². The average molecular weight is 158 g/mol. The van der Waals surface area contributed by atoms with Crippen molar-refractivity contribution < 1.29 is 15.0 Å². The zero-order valence-corrected chi connectivity index (χ0v) is 6.71. The van der Waals surface area contributed by atoms with Crippen LogP contribution in [-0.2, 0) is 4.79 Å². The minimum absolute atomic E-state index is 0.136. The Morgan fingerprint density at radius 1 is 1.45 bits per heavy atom. The Bertz CT molecular complexity index is 149. The molecule has 0 aromatic heterocycles. The SMILES string of the molecule is C/C=C(/CCCCO)C(=O)O. The van der Waals surface area contributed by atoms with Crippen LogP contribution < -0.4 is 0 Å². The van der Waals surface area contributed by atoms with Gasteiger partial charge in [0.1, 0.15) is 0 Å². The number of carboxylic acid groups (broad SMARTS) is 1. The van der Waals surface area contributed by atoms with Gasteiger partial charge in [0.25, 0.3) is 0 Å². The van der Waals surface area contributed by atoms with Gasteiger partial charge in [-0.05, 0) is 26.2 Å². The maximum atomic E-state index is 10.4. The van der Waals surface area contributed by atoms with Crippen LogP contribution in [0.15, 0.2) is 11.6 Å². The third-order valence-corrected chi connectivity index (χ3v) is 1.48. The van der Waals surface area contributed by atoms with Gasteiger partial charge >= 0.3 is 5.97 Å². The summed E-state index contributed by atoms with van der Waals surface area (Å²) in [5.41, 5.74) is 0.429. The molecule has 0 saturated heterocycles. The van der Waals surface area contributed by atoms with E-state index in [1.807, 2.05) is 0 Å². The van der Waals surface area contributed by atoms with Crippen molar-refractivity contribution in [1.82, 2.24) is 0 Å². The van der Waals surface area contributed by atoms with Crippen LogP contribution in [0.3, 0.4) is 0 Å². The van der Waals surface area contributed by atoms with Gasteiger partial charge in [-0.15, -0.1) is 0 Å². The highest BCUT2D eigenvalue weighted by molar-refractivity contribution is 5.86. The summed E-state index contributed by atoms with van der Waals surface area (Å²) >= 11 is 0. The summed E-state index contributed by atoms with van der Waals surface area (Å²) in [5, 5.41) is 17.0. The molecular formula is C8H14O3. The molecule has 0 aliphatic rings. The first-order valence-electron chi connectivity index (χ1n) is 3.71. The predicted octanol–water partition coefficient (Wildman–Crippen LogP) is 1.18. The summed E-state index contributed by atoms with van der Waals surface area (Å²) in [7, 11) is 0. The predicted molar refractivity (Wildman–Crippen MR) is 42.3 cm³/mol. The molecule has 0 atom stereocenters. The third-order valence-electron chi connectivity index (χ3n) is 1.48. The van der Waals surface area contributed by atoms with Crippen molar-refractivity contribution in [3.05, 3.63) is 11.6 Å². The van der Waals surface area contributed by atoms with Crippen molar-refractivity contribution in [3.8, 4) is 0 Å². The lowest BCUT2D eigenvalue weighted by Gasteiger charge is -1.98. The lowest BCUT2D eigenvalue weighted by molar-refractivity contribution is -0.132. The van der Waals surface area contributed by atoms with E-state index in [0.29, 0.717) is 18.4 Å². The molecular weight excluding hydrogens is 144 g/mol. The van der Waals surface area contributed by atoms with Gasteiger partial charge in [0, 0.05) is 12.2 Å². The van der Waals surface area contributed by atoms with Crippen molar-refractivity contribution in [3.63, 3.8) is 0 Å². The number of carboxylic acids is 1. The Kier molecular flexibility index (Phi) is 5.47. The Balaban J connectivity index is 3.63. The zero-order chi connectivity index (χ0) is 8.69. The van der Waals surface area contributed by atoms with Crippen LogP contribution in [0, 0.1) is 0 Å². The molecule has 0 aromatic rings. The molecule has 0 aliphatic heterocycles. The van der Waals surface area contributed by atoms with E-state index >= 15 is 0 Å². The van der Waals surface area contributed by atoms with E-state index in [4.69, 9.17) is 10.2 Å². The van der Waals surface area contributed by atoms with Gasteiger partial charge in [-0.2, -0.15) is 0 Å². The number of hydrogen-bond acceptors (Lipinski definition) is 2. The lowest BCUT2D eigenvalue weighted by Crippen LogP contribution is -2.00. The molecule has 2 N–H and O–H groups in total. The molecule has 0 rings (SSSR count). The number of hydrogen-bond donors (Lipinski definition) is 2. The molecule has 0 spiro atoms. The van der Waals surface area contributed by atoms with Crippen LogP contribution in [0.1, 0.15) is 26.2 Å². The first-order valence-corrected chi connectivity index (χ1v) is 3.71. The van der Waals surface area contributed by atoms with Crippen LogP contribution >= 0.6 is 0 Å². The molecule has 0 aromatic carbocycles. The van der Waals surface area contributed by atoms with Crippen LogP contribution in [0.5, 0.6) is 0 Å². The van der Waals surface area contributed by atoms with Crippen molar-refractivity contribution in [2.24, 2.45) is 0 Å². The topological polar surface area (TPSA) is 57.5 Å². The van der Waals surface area contributed by atoms with Gasteiger partial charge < -0.3 is 10.2 Å². The van der Waals surface area contributed by atoms with Crippen molar-refractivity contribution in [1.29, 1.82) is 0 Å². The van der Waals surface area contributed by atoms with Crippen LogP contribution in [-0.4, -0.2) is 22.8 Å². The largest absolute Gasteiger partial charge is 0.478 e. The Hall–Kier alpha value is -0.830. The number of unbranched alkanes of at least 4 members (excludes halogenated alkanes) is 1. The summed E-state index contributed by atoms with van der Waals surface area (Å²) in [4.78, 5) is 10.4. The number of aliphatic hydroxyl groups is 1. The maximum absolute atomic E-state index is 10.4. The molecule has 0 aliphatic carbocycles. The van der Waals surface area contributed by atoms with Gasteiger partial charge in [0.05, 0.1) is 0 Å². The minimum Gasteiger partial charge on any atom is -0.478 e. The van der Waals surface area contributed by atoms with E-state index in [9.17, 15) is 4.79 Å². The van der Waals surface area contributed by atoms with E-state index in [1.54, 1.807) is 13.0 Å². The molecule has 64 valence electrons. The van der Waals surface area contributed by atoms with E-state index < -0.39 is 5.97 Å². The quantitative estimate of drug-likeness (QED) is 0.466. The molecule has 0 fully saturated rings. The number of allylic oxidation sites excluding steroid dienone is 1. The van der Waals surface area contributed by atoms with E-state index in [0.717, 1.165) is 6.42 Å². The standard InChI is InChI=1S/C8H14O3/c1-2-7(8(10)11)5-3-4-6-9/h2,9H,3-6H2,1H3,(H,10,11)/b7-2-. The van der Waals surface area contributed by atoms with Crippen molar-refractivity contribution in [2.75, 3.05) is 6.61 Å². The summed E-state index contributed by atoms with van der Waals surface area (Å²) in [5.74, 6) is -0.856. The normalized spacial score (nSPS) is 11.6. The van der Waals surface area contributed by atoms with Crippen LogP contribution in [0.4, 0.5) is 0 Å². The highest BCUT2D eigenvalue weighted by Crippen LogP contribution is 2.06. The zero-order valence-electron chi connectivity index (χ0n) is 6.71. The highest BCUT2D eigenvalue weighted by atomic mass is 16.4. The molecule has 3 heteroatoms. The van der Waals surface area contributed by atoms with Gasteiger partial charge in [-0.3, -0.25) is 0 Å². The minimum atomic E-state index is -0.856. The third kappa shape index (κ3) is 4.56. The average Bonchev–Trinajstić information content (AvgIpc) is 1.97. The molecule has 0 amide bonds. The molecule has 0 unspecified atom stereocenters.